The van der Waals surface area contributed by atoms with Crippen LogP contribution < -0.4 is 5.73 Å². The minimum atomic E-state index is 0.515. The van der Waals surface area contributed by atoms with Crippen molar-refractivity contribution < 1.29 is 0 Å². The predicted octanol–water partition coefficient (Wildman–Crippen LogP) is 2.66. The molecule has 0 spiro atoms. The number of rotatable bonds is 2. The molecular formula is C14H16N4. The van der Waals surface area contributed by atoms with Gasteiger partial charge in [-0.25, -0.2) is 9.97 Å². The maximum atomic E-state index is 6.01. The van der Waals surface area contributed by atoms with E-state index in [1.807, 2.05) is 25.2 Å². The third-order valence-corrected chi connectivity index (χ3v) is 3.30. The summed E-state index contributed by atoms with van der Waals surface area (Å²) >= 11 is 0. The van der Waals surface area contributed by atoms with Crippen LogP contribution in [0.1, 0.15) is 19.2 Å². The molecule has 0 aliphatic carbocycles. The van der Waals surface area contributed by atoms with E-state index >= 15 is 0 Å². The fraction of sp³-hybridized carbons (Fsp3) is 0.286. The van der Waals surface area contributed by atoms with Crippen molar-refractivity contribution in [3.63, 3.8) is 0 Å². The number of hydrogen-bond donors (Lipinski definition) is 1. The van der Waals surface area contributed by atoms with Gasteiger partial charge in [0.1, 0.15) is 11.3 Å². The van der Waals surface area contributed by atoms with Gasteiger partial charge in [0.25, 0.3) is 0 Å². The van der Waals surface area contributed by atoms with Gasteiger partial charge in [0.05, 0.1) is 11.0 Å². The molecule has 3 rings (SSSR count). The van der Waals surface area contributed by atoms with Crippen LogP contribution in [0.2, 0.25) is 0 Å². The molecule has 0 saturated heterocycles. The first-order chi connectivity index (χ1) is 8.72. The molecule has 2 aromatic heterocycles. The van der Waals surface area contributed by atoms with Gasteiger partial charge in [-0.2, -0.15) is 0 Å². The lowest BCUT2D eigenvalue weighted by Gasteiger charge is -2.04. The van der Waals surface area contributed by atoms with Crippen molar-refractivity contribution in [3.8, 4) is 0 Å². The normalized spacial score (nSPS) is 11.4. The molecule has 0 atom stereocenters. The lowest BCUT2D eigenvalue weighted by Crippen LogP contribution is -1.97. The Hall–Kier alpha value is -2.10. The molecule has 3 aromatic rings. The fourth-order valence-corrected chi connectivity index (χ4v) is 2.43. The summed E-state index contributed by atoms with van der Waals surface area (Å²) < 4.78 is 2.14. The van der Waals surface area contributed by atoms with Gasteiger partial charge in [-0.15, -0.1) is 0 Å². The third kappa shape index (κ3) is 1.45. The van der Waals surface area contributed by atoms with Gasteiger partial charge in [0.2, 0.25) is 0 Å². The van der Waals surface area contributed by atoms with Gasteiger partial charge in [-0.05, 0) is 12.5 Å². The number of para-hydroxylation sites is 1. The Morgan fingerprint density at radius 1 is 1.22 bits per heavy atom. The first-order valence-electron chi connectivity index (χ1n) is 6.22. The molecule has 18 heavy (non-hydrogen) atoms. The van der Waals surface area contributed by atoms with E-state index in [-0.39, 0.29) is 0 Å². The molecule has 2 heterocycles. The van der Waals surface area contributed by atoms with Crippen LogP contribution in [0.15, 0.2) is 24.3 Å². The van der Waals surface area contributed by atoms with E-state index in [1.54, 1.807) is 0 Å². The van der Waals surface area contributed by atoms with Crippen LogP contribution in [-0.4, -0.2) is 14.5 Å². The van der Waals surface area contributed by atoms with Crippen molar-refractivity contribution in [1.29, 1.82) is 0 Å². The largest absolute Gasteiger partial charge is 0.382 e. The number of imidazole rings is 1. The number of fused-ring (bicyclic) bond motifs is 3. The molecule has 0 bridgehead atoms. The minimum Gasteiger partial charge on any atom is -0.382 e. The Bertz CT molecular complexity index is 727. The average molecular weight is 240 g/mol. The quantitative estimate of drug-likeness (QED) is 0.749. The highest BCUT2D eigenvalue weighted by atomic mass is 15.1. The van der Waals surface area contributed by atoms with E-state index in [1.165, 1.54) is 0 Å². The SMILES string of the molecule is CCCc1nc2c(N)nc3ccccc3c2n1C. The number of aryl methyl sites for hydroxylation is 2. The summed E-state index contributed by atoms with van der Waals surface area (Å²) in [6, 6.07) is 8.05. The van der Waals surface area contributed by atoms with Gasteiger partial charge in [-0.1, -0.05) is 25.1 Å². The molecule has 0 fully saturated rings. The van der Waals surface area contributed by atoms with Crippen molar-refractivity contribution in [2.24, 2.45) is 7.05 Å². The molecule has 0 aliphatic heterocycles. The summed E-state index contributed by atoms with van der Waals surface area (Å²) in [5.41, 5.74) is 8.84. The highest BCUT2D eigenvalue weighted by Gasteiger charge is 2.13. The zero-order valence-corrected chi connectivity index (χ0v) is 10.6. The third-order valence-electron chi connectivity index (χ3n) is 3.30. The van der Waals surface area contributed by atoms with Crippen molar-refractivity contribution >= 4 is 27.8 Å². The molecule has 2 N–H and O–H groups in total. The van der Waals surface area contributed by atoms with E-state index in [0.717, 1.165) is 40.6 Å². The number of pyridine rings is 1. The Labute approximate surface area is 105 Å². The summed E-state index contributed by atoms with van der Waals surface area (Å²) in [5.74, 6) is 1.58. The highest BCUT2D eigenvalue weighted by molar-refractivity contribution is 6.06. The summed E-state index contributed by atoms with van der Waals surface area (Å²) in [4.78, 5) is 9.05. The number of nitrogens with zero attached hydrogens (tertiary/aromatic N) is 3. The van der Waals surface area contributed by atoms with Crippen LogP contribution >= 0.6 is 0 Å². The summed E-state index contributed by atoms with van der Waals surface area (Å²) in [5, 5.41) is 1.11. The number of benzene rings is 1. The molecule has 4 nitrogen and oxygen atoms in total. The van der Waals surface area contributed by atoms with E-state index in [2.05, 4.69) is 27.5 Å². The Morgan fingerprint density at radius 2 is 2.00 bits per heavy atom. The Morgan fingerprint density at radius 3 is 2.78 bits per heavy atom. The summed E-state index contributed by atoms with van der Waals surface area (Å²) in [6.07, 6.45) is 2.03. The maximum Gasteiger partial charge on any atom is 0.152 e. The summed E-state index contributed by atoms with van der Waals surface area (Å²) in [6.45, 7) is 2.15. The second kappa shape index (κ2) is 3.98. The van der Waals surface area contributed by atoms with Crippen LogP contribution in [0.4, 0.5) is 5.82 Å². The lowest BCUT2D eigenvalue weighted by molar-refractivity contribution is 0.774. The van der Waals surface area contributed by atoms with Crippen LogP contribution in [0, 0.1) is 0 Å². The second-order valence-corrected chi connectivity index (χ2v) is 4.55. The van der Waals surface area contributed by atoms with E-state index in [0.29, 0.717) is 5.82 Å². The maximum absolute atomic E-state index is 6.01. The lowest BCUT2D eigenvalue weighted by atomic mass is 10.2. The monoisotopic (exact) mass is 240 g/mol. The molecule has 0 amide bonds. The van der Waals surface area contributed by atoms with Gasteiger partial charge in [-0.3, -0.25) is 0 Å². The zero-order valence-electron chi connectivity index (χ0n) is 10.6. The van der Waals surface area contributed by atoms with Crippen molar-refractivity contribution in [2.45, 2.75) is 19.8 Å². The summed E-state index contributed by atoms with van der Waals surface area (Å²) in [7, 11) is 2.05. The highest BCUT2D eigenvalue weighted by Crippen LogP contribution is 2.28. The molecule has 0 radical (unpaired) electrons. The number of nitrogens with two attached hydrogens (primary N) is 1. The zero-order chi connectivity index (χ0) is 12.7. The van der Waals surface area contributed by atoms with Crippen molar-refractivity contribution in [1.82, 2.24) is 14.5 Å². The molecule has 92 valence electrons. The molecule has 0 unspecified atom stereocenters. The number of anilines is 1. The standard InChI is InChI=1S/C14H16N4/c1-3-6-11-17-12-13(18(11)2)9-7-4-5-8-10(9)16-14(12)15/h4-5,7-8H,3,6H2,1-2H3,(H2,15,16). The van der Waals surface area contributed by atoms with Gasteiger partial charge in [0.15, 0.2) is 5.82 Å². The van der Waals surface area contributed by atoms with Crippen LogP contribution in [0.25, 0.3) is 21.9 Å². The van der Waals surface area contributed by atoms with Gasteiger partial charge >= 0.3 is 0 Å². The van der Waals surface area contributed by atoms with E-state index in [9.17, 15) is 0 Å². The molecule has 0 saturated carbocycles. The Kier molecular flexibility index (Phi) is 2.44. The predicted molar refractivity (Wildman–Crippen MR) is 74.4 cm³/mol. The topological polar surface area (TPSA) is 56.7 Å². The second-order valence-electron chi connectivity index (χ2n) is 4.55. The van der Waals surface area contributed by atoms with Gasteiger partial charge < -0.3 is 10.3 Å². The number of hydrogen-bond acceptors (Lipinski definition) is 3. The molecular weight excluding hydrogens is 224 g/mol. The van der Waals surface area contributed by atoms with Crippen molar-refractivity contribution in [3.05, 3.63) is 30.1 Å². The van der Waals surface area contributed by atoms with E-state index in [4.69, 9.17) is 5.73 Å². The molecule has 4 heteroatoms. The molecule has 1 aromatic carbocycles. The molecule has 0 aliphatic rings. The average Bonchev–Trinajstić information content (AvgIpc) is 2.69. The first kappa shape index (κ1) is 11.0. The first-order valence-corrected chi connectivity index (χ1v) is 6.22. The van der Waals surface area contributed by atoms with Crippen molar-refractivity contribution in [2.75, 3.05) is 5.73 Å². The van der Waals surface area contributed by atoms with Gasteiger partial charge in [0, 0.05) is 18.9 Å². The fourth-order valence-electron chi connectivity index (χ4n) is 2.43. The van der Waals surface area contributed by atoms with Crippen LogP contribution in [0.5, 0.6) is 0 Å². The van der Waals surface area contributed by atoms with Crippen LogP contribution in [0.3, 0.4) is 0 Å². The van der Waals surface area contributed by atoms with E-state index < -0.39 is 0 Å². The smallest absolute Gasteiger partial charge is 0.152 e. The minimum absolute atomic E-state index is 0.515. The van der Waals surface area contributed by atoms with Crippen LogP contribution in [-0.2, 0) is 13.5 Å². The number of nitrogen functional groups attached to an aromatic ring is 1. The Balaban J connectivity index is 2.47. The number of aromatic nitrogens is 3.